The van der Waals surface area contributed by atoms with Gasteiger partial charge in [0.2, 0.25) is 5.91 Å². The summed E-state index contributed by atoms with van der Waals surface area (Å²) in [7, 11) is 1.50. The molecule has 10 heteroatoms. The Balaban J connectivity index is 5.16. The number of carbonyl (C=O) groups is 2. The van der Waals surface area contributed by atoms with Crippen LogP contribution in [0.1, 0.15) is 323 Å². The van der Waals surface area contributed by atoms with Crippen molar-refractivity contribution in [3.63, 3.8) is 0 Å². The van der Waals surface area contributed by atoms with Crippen LogP contribution in [0.4, 0.5) is 0 Å². The fourth-order valence-corrected chi connectivity index (χ4v) is 10.6. The number of esters is 1. The van der Waals surface area contributed by atoms with E-state index in [4.69, 9.17) is 13.8 Å². The Morgan fingerprint density at radius 3 is 1.19 bits per heavy atom. The van der Waals surface area contributed by atoms with Crippen LogP contribution in [-0.2, 0) is 27.9 Å². The Kier molecular flexibility index (Phi) is 56.7. The molecular weight excluding hydrogens is 988 g/mol. The smallest absolute Gasteiger partial charge is 0.456 e. The Morgan fingerprint density at radius 2 is 0.782 bits per heavy atom. The first-order valence-corrected chi connectivity index (χ1v) is 35.0. The van der Waals surface area contributed by atoms with E-state index in [1.165, 1.54) is 205 Å². The molecule has 0 rings (SSSR count). The molecule has 1 amide bonds. The number of hydrogen-bond donors (Lipinski definition) is 2. The zero-order chi connectivity index (χ0) is 57.2. The molecule has 3 atom stereocenters. The van der Waals surface area contributed by atoms with Gasteiger partial charge in [-0.1, -0.05) is 288 Å². The predicted molar refractivity (Wildman–Crippen MR) is 337 cm³/mol. The summed E-state index contributed by atoms with van der Waals surface area (Å²) in [6, 6.07) is -0.850. The van der Waals surface area contributed by atoms with Crippen molar-refractivity contribution in [2.45, 2.75) is 335 Å². The summed E-state index contributed by atoms with van der Waals surface area (Å²) < 4.78 is 30.8. The van der Waals surface area contributed by atoms with Gasteiger partial charge in [0.15, 0.2) is 0 Å². The molecule has 0 spiro atoms. The first-order chi connectivity index (χ1) is 37.9. The first-order valence-electron chi connectivity index (χ1n) is 33.5. The highest BCUT2D eigenvalue weighted by Gasteiger charge is 2.30. The van der Waals surface area contributed by atoms with Gasteiger partial charge in [-0.15, -0.1) is 0 Å². The third-order valence-corrected chi connectivity index (χ3v) is 16.0. The van der Waals surface area contributed by atoms with Gasteiger partial charge in [0.05, 0.1) is 33.8 Å². The average molecular weight is 1120 g/mol. The summed E-state index contributed by atoms with van der Waals surface area (Å²) in [6.07, 6.45) is 72.5. The standard InChI is InChI=1S/C68H129N2O7P/c1-7-10-13-16-19-22-25-28-30-32-34-35-37-38-40-42-45-48-51-54-57-60-67(71)69-65(64-76-78(73,74)75-63-62-70(4,5)6)66(59-56-53-50-47-44-27-24-21-18-15-12-9-3)77-68(72)61-58-55-52-49-46-43-41-39-36-33-31-29-26-23-20-17-14-11-8-2/h19,22,28,30,34-35,56,59,65-66H,7-18,20-21,23-27,29,31-33,36-55,57-58,60-64H2,1-6H3,(H-,69,71,73,74)/p+1/b22-19-,30-28-,35-34-,59-56+. The minimum Gasteiger partial charge on any atom is -0.456 e. The van der Waals surface area contributed by atoms with Gasteiger partial charge in [-0.2, -0.15) is 0 Å². The summed E-state index contributed by atoms with van der Waals surface area (Å²) >= 11 is 0. The predicted octanol–water partition coefficient (Wildman–Crippen LogP) is 20.8. The molecular formula is C68H130N2O7P+. The van der Waals surface area contributed by atoms with E-state index in [1.807, 2.05) is 33.3 Å². The second kappa shape index (κ2) is 58.2. The van der Waals surface area contributed by atoms with Crippen molar-refractivity contribution < 1.29 is 37.3 Å². The lowest BCUT2D eigenvalue weighted by molar-refractivity contribution is -0.870. The highest BCUT2D eigenvalue weighted by molar-refractivity contribution is 7.47. The first kappa shape index (κ1) is 76.0. The molecule has 0 aromatic heterocycles. The number of amides is 1. The maximum absolute atomic E-state index is 13.6. The van der Waals surface area contributed by atoms with Crippen LogP contribution < -0.4 is 5.32 Å². The monoisotopic (exact) mass is 1120 g/mol. The average Bonchev–Trinajstić information content (AvgIpc) is 3.40. The molecule has 0 aliphatic carbocycles. The van der Waals surface area contributed by atoms with Crippen molar-refractivity contribution in [2.75, 3.05) is 40.9 Å². The third-order valence-electron chi connectivity index (χ3n) is 15.0. The van der Waals surface area contributed by atoms with Crippen LogP contribution in [0, 0.1) is 0 Å². The van der Waals surface area contributed by atoms with Crippen LogP contribution >= 0.6 is 7.82 Å². The molecule has 0 saturated heterocycles. The quantitative estimate of drug-likeness (QED) is 0.0205. The second-order valence-corrected chi connectivity index (χ2v) is 25.5. The highest BCUT2D eigenvalue weighted by Crippen LogP contribution is 2.43. The normalized spacial score (nSPS) is 13.9. The van der Waals surface area contributed by atoms with Gasteiger partial charge < -0.3 is 19.4 Å². The number of phosphoric ester groups is 1. The summed E-state index contributed by atoms with van der Waals surface area (Å²) in [5.74, 6) is -0.499. The SMILES string of the molecule is CCCCC/C=C\C/C=C\C/C=C\CCCCCCCCCCC(=O)NC(COP(=O)(O)OCC[N+](C)(C)C)C(/C=C/CCCCCCCCCCCC)OC(=O)CCCCCCCCCCCCCCCCCCCCC. The number of carbonyl (C=O) groups excluding carboxylic acids is 2. The molecule has 0 heterocycles. The molecule has 0 aliphatic rings. The molecule has 0 fully saturated rings. The number of nitrogens with zero attached hydrogens (tertiary/aromatic N) is 1. The molecule has 458 valence electrons. The number of ether oxygens (including phenoxy) is 1. The van der Waals surface area contributed by atoms with Gasteiger partial charge in [0.1, 0.15) is 19.3 Å². The molecule has 0 aromatic carbocycles. The van der Waals surface area contributed by atoms with Crippen LogP contribution in [0.15, 0.2) is 48.6 Å². The maximum atomic E-state index is 13.6. The number of unbranched alkanes of at least 4 members (excludes halogenated alkanes) is 39. The fraction of sp³-hybridized carbons (Fsp3) is 0.853. The van der Waals surface area contributed by atoms with Crippen molar-refractivity contribution in [1.29, 1.82) is 0 Å². The van der Waals surface area contributed by atoms with E-state index in [9.17, 15) is 19.0 Å². The molecule has 0 radical (unpaired) electrons. The number of rotatable bonds is 61. The van der Waals surface area contributed by atoms with Gasteiger partial charge in [0, 0.05) is 12.8 Å². The van der Waals surface area contributed by atoms with Crippen LogP contribution in [0.5, 0.6) is 0 Å². The molecule has 3 unspecified atom stereocenters. The van der Waals surface area contributed by atoms with Gasteiger partial charge in [-0.3, -0.25) is 18.6 Å². The van der Waals surface area contributed by atoms with E-state index >= 15 is 0 Å². The molecule has 2 N–H and O–H groups in total. The van der Waals surface area contributed by atoms with E-state index in [-0.39, 0.29) is 25.1 Å². The second-order valence-electron chi connectivity index (χ2n) is 24.0. The van der Waals surface area contributed by atoms with Crippen molar-refractivity contribution >= 4 is 19.7 Å². The fourth-order valence-electron chi connectivity index (χ4n) is 9.83. The minimum atomic E-state index is -4.45. The summed E-state index contributed by atoms with van der Waals surface area (Å²) in [4.78, 5) is 37.8. The van der Waals surface area contributed by atoms with Crippen LogP contribution in [0.2, 0.25) is 0 Å². The van der Waals surface area contributed by atoms with Crippen LogP contribution in [0.25, 0.3) is 0 Å². The van der Waals surface area contributed by atoms with Crippen molar-refractivity contribution in [1.82, 2.24) is 5.32 Å². The number of phosphoric acid groups is 1. The maximum Gasteiger partial charge on any atom is 0.472 e. The lowest BCUT2D eigenvalue weighted by atomic mass is 10.0. The van der Waals surface area contributed by atoms with E-state index in [1.54, 1.807) is 0 Å². The van der Waals surface area contributed by atoms with Gasteiger partial charge in [-0.05, 0) is 70.3 Å². The Labute approximate surface area is 484 Å². The van der Waals surface area contributed by atoms with Crippen LogP contribution in [-0.4, -0.2) is 74.3 Å². The van der Waals surface area contributed by atoms with Gasteiger partial charge in [0.25, 0.3) is 0 Å². The summed E-state index contributed by atoms with van der Waals surface area (Å²) in [5, 5.41) is 3.06. The summed E-state index contributed by atoms with van der Waals surface area (Å²) in [5.41, 5.74) is 0. The number of likely N-dealkylation sites (N-methyl/N-ethyl adjacent to an activating group) is 1. The Morgan fingerprint density at radius 1 is 0.449 bits per heavy atom. The number of hydrogen-bond acceptors (Lipinski definition) is 6. The van der Waals surface area contributed by atoms with Crippen molar-refractivity contribution in [3.05, 3.63) is 48.6 Å². The Bertz CT molecular complexity index is 1470. The zero-order valence-electron chi connectivity index (χ0n) is 52.4. The molecule has 9 nitrogen and oxygen atoms in total. The topological polar surface area (TPSA) is 111 Å². The summed E-state index contributed by atoms with van der Waals surface area (Å²) in [6.45, 7) is 7.02. The van der Waals surface area contributed by atoms with E-state index in [2.05, 4.69) is 62.5 Å². The number of nitrogens with one attached hydrogen (secondary N) is 1. The third kappa shape index (κ3) is 58.6. The van der Waals surface area contributed by atoms with Gasteiger partial charge in [-0.25, -0.2) is 4.57 Å². The van der Waals surface area contributed by atoms with E-state index in [0.29, 0.717) is 23.9 Å². The molecule has 0 aliphatic heterocycles. The zero-order valence-corrected chi connectivity index (χ0v) is 53.3. The number of quaternary nitrogens is 1. The van der Waals surface area contributed by atoms with Crippen molar-refractivity contribution in [3.8, 4) is 0 Å². The van der Waals surface area contributed by atoms with Gasteiger partial charge >= 0.3 is 13.8 Å². The molecule has 0 bridgehead atoms. The van der Waals surface area contributed by atoms with Crippen molar-refractivity contribution in [2.24, 2.45) is 0 Å². The lowest BCUT2D eigenvalue weighted by Crippen LogP contribution is -2.47. The number of allylic oxidation sites excluding steroid dienone is 7. The highest BCUT2D eigenvalue weighted by atomic mass is 31.2. The molecule has 0 aromatic rings. The Hall–Kier alpha value is -2.03. The van der Waals surface area contributed by atoms with Crippen LogP contribution in [0.3, 0.4) is 0 Å². The molecule has 78 heavy (non-hydrogen) atoms. The van der Waals surface area contributed by atoms with E-state index in [0.717, 1.165) is 83.5 Å². The van der Waals surface area contributed by atoms with E-state index < -0.39 is 20.0 Å². The largest absolute Gasteiger partial charge is 0.472 e. The minimum absolute atomic E-state index is 0.0399. The lowest BCUT2D eigenvalue weighted by Gasteiger charge is -2.27. The molecule has 0 saturated carbocycles.